The van der Waals surface area contributed by atoms with Crippen molar-refractivity contribution in [3.63, 3.8) is 0 Å². The molecular formula is C51H54F3N11O14. The fourth-order valence-electron chi connectivity index (χ4n) is 7.87. The number of carbonyl (C=O) groups excluding carboxylic acids is 9. The van der Waals surface area contributed by atoms with Crippen LogP contribution >= 0.6 is 0 Å². The predicted octanol–water partition coefficient (Wildman–Crippen LogP) is 4.11. The number of nitrogens with one attached hydrogen (secondary N) is 4. The number of aromatic nitrogens is 4. The van der Waals surface area contributed by atoms with Crippen molar-refractivity contribution < 1.29 is 79.7 Å². The molecule has 2 aliphatic rings. The highest BCUT2D eigenvalue weighted by molar-refractivity contribution is 6.24. The summed E-state index contributed by atoms with van der Waals surface area (Å²) in [4.78, 5) is 123. The van der Waals surface area contributed by atoms with E-state index >= 15 is 0 Å². The highest BCUT2D eigenvalue weighted by Gasteiger charge is 2.46. The molecule has 2 aliphatic heterocycles. The number of oxazole rings is 1. The lowest BCUT2D eigenvalue weighted by Gasteiger charge is -2.27. The number of nitrogens with two attached hydrogens (primary N) is 1. The van der Waals surface area contributed by atoms with Gasteiger partial charge in [-0.05, 0) is 95.0 Å². The molecule has 3 aromatic heterocycles. The number of alkyl halides is 3. The smallest absolute Gasteiger partial charge is 0.416 e. The number of nitrogens with zero attached hydrogens (tertiary/aromatic N) is 6. The number of halogens is 3. The van der Waals surface area contributed by atoms with Crippen LogP contribution in [0, 0.1) is 0 Å². The Balaban J connectivity index is 0.770. The molecule has 6 N–H and O–H groups in total. The van der Waals surface area contributed by atoms with Gasteiger partial charge in [0.2, 0.25) is 17.7 Å². The van der Waals surface area contributed by atoms with E-state index in [4.69, 9.17) is 29.1 Å². The van der Waals surface area contributed by atoms with Gasteiger partial charge >= 0.3 is 12.3 Å². The maximum Gasteiger partial charge on any atom is 0.416 e. The number of fused-ring (bicyclic) bond motifs is 1. The van der Waals surface area contributed by atoms with Crippen molar-refractivity contribution in [3.05, 3.63) is 101 Å². The van der Waals surface area contributed by atoms with Crippen LogP contribution < -0.4 is 36.6 Å². The molecule has 1 atom stereocenters. The monoisotopic (exact) mass is 1100 g/mol. The molecule has 1 fully saturated rings. The number of hydrogen-bond acceptors (Lipinski definition) is 17. The summed E-state index contributed by atoms with van der Waals surface area (Å²) in [5.74, 6) is -6.01. The summed E-state index contributed by atoms with van der Waals surface area (Å²) in [7, 11) is 0. The molecule has 7 rings (SSSR count). The summed E-state index contributed by atoms with van der Waals surface area (Å²) in [6, 6.07) is 11.8. The summed E-state index contributed by atoms with van der Waals surface area (Å²) in [6.07, 6.45) is -0.458. The second kappa shape index (κ2) is 25.4. The first-order valence-electron chi connectivity index (χ1n) is 24.5. The lowest BCUT2D eigenvalue weighted by molar-refractivity contribution is -0.136. The van der Waals surface area contributed by atoms with Gasteiger partial charge in [0.1, 0.15) is 36.0 Å². The zero-order valence-corrected chi connectivity index (χ0v) is 42.8. The zero-order chi connectivity index (χ0) is 57.0. The average Bonchev–Trinajstić information content (AvgIpc) is 4.23. The lowest BCUT2D eigenvalue weighted by Crippen LogP contribution is -2.54. The molecule has 0 spiro atoms. The number of hydrogen-bond donors (Lipinski definition) is 5. The standard InChI is InChI=1S/C51H54F3N11O14/c1-50(2,3)79-49(74)63(28-51(52,53)54)37-24-30(16-17-56-37)46-60-34(26-78-46)44(70)59-33-25-64(62-41(33)42(55)68)31-12-10-29(11-13-31)43(69)58-19-23-76-21-6-4-5-20-75-22-18-57-39(67)27-77-36-9-7-8-32-40(36)48(73)65(47(32)72)35-14-15-38(66)61-45(35)71/h7-13,16-17,24-26,35H,4-6,14-15,18-23,27-28H2,1-3H3,(H2,55,68)(H,57,67)(H,58,69)(H,59,70)(H,61,66,71). The Labute approximate surface area is 447 Å². The molecule has 5 aromatic rings. The number of rotatable bonds is 24. The minimum Gasteiger partial charge on any atom is -0.483 e. The van der Waals surface area contributed by atoms with Crippen LogP contribution in [-0.2, 0) is 28.6 Å². The van der Waals surface area contributed by atoms with Gasteiger partial charge in [0, 0.05) is 50.0 Å². The van der Waals surface area contributed by atoms with Crippen LogP contribution in [0.1, 0.15) is 105 Å². The third kappa shape index (κ3) is 15.3. The van der Waals surface area contributed by atoms with E-state index in [0.717, 1.165) is 42.7 Å². The quantitative estimate of drug-likeness (QED) is 0.0429. The Bertz CT molecular complexity index is 3120. The highest BCUT2D eigenvalue weighted by Crippen LogP contribution is 2.34. The van der Waals surface area contributed by atoms with Crippen molar-refractivity contribution in [1.29, 1.82) is 0 Å². The van der Waals surface area contributed by atoms with E-state index in [1.54, 1.807) is 12.1 Å². The van der Waals surface area contributed by atoms with Gasteiger partial charge in [0.05, 0.1) is 41.9 Å². The van der Waals surface area contributed by atoms with E-state index in [2.05, 4.69) is 36.3 Å². The van der Waals surface area contributed by atoms with Crippen LogP contribution in [0.15, 0.2) is 77.7 Å². The predicted molar refractivity (Wildman–Crippen MR) is 269 cm³/mol. The van der Waals surface area contributed by atoms with Crippen LogP contribution in [0.4, 0.5) is 29.5 Å². The van der Waals surface area contributed by atoms with Gasteiger partial charge in [-0.3, -0.25) is 53.5 Å². The number of ether oxygens (including phenoxy) is 4. The lowest BCUT2D eigenvalue weighted by atomic mass is 10.0. The van der Waals surface area contributed by atoms with E-state index in [9.17, 15) is 56.3 Å². The third-order valence-corrected chi connectivity index (χ3v) is 11.5. The Morgan fingerprint density at radius 2 is 1.59 bits per heavy atom. The first kappa shape index (κ1) is 57.7. The molecule has 1 saturated heterocycles. The molecule has 28 heteroatoms. The molecule has 418 valence electrons. The van der Waals surface area contributed by atoms with Gasteiger partial charge < -0.3 is 45.0 Å². The SMILES string of the molecule is CC(C)(C)OC(=O)N(CC(F)(F)F)c1cc(-c2nc(C(=O)Nc3cn(-c4ccc(C(=O)NCCOCCCCCOCCNC(=O)COc5cccc6c5C(=O)N(C5CCC(=O)NC5=O)C6=O)cc4)nc3C(N)=O)co2)ccn1. The van der Waals surface area contributed by atoms with E-state index in [1.165, 1.54) is 68.0 Å². The minimum atomic E-state index is -4.80. The second-order valence-electron chi connectivity index (χ2n) is 18.6. The zero-order valence-electron chi connectivity index (χ0n) is 42.8. The molecule has 25 nitrogen and oxygen atoms in total. The van der Waals surface area contributed by atoms with Crippen molar-refractivity contribution in [2.45, 2.75) is 70.7 Å². The minimum absolute atomic E-state index is 0.00515. The molecule has 0 radical (unpaired) electrons. The van der Waals surface area contributed by atoms with Crippen molar-refractivity contribution >= 4 is 64.9 Å². The van der Waals surface area contributed by atoms with Crippen LogP contribution in [0.5, 0.6) is 5.75 Å². The Morgan fingerprint density at radius 1 is 0.886 bits per heavy atom. The third-order valence-electron chi connectivity index (χ3n) is 11.5. The van der Waals surface area contributed by atoms with Crippen molar-refractivity contribution in [3.8, 4) is 22.9 Å². The fourth-order valence-corrected chi connectivity index (χ4v) is 7.87. The van der Waals surface area contributed by atoms with Gasteiger partial charge in [-0.25, -0.2) is 19.4 Å². The maximum absolute atomic E-state index is 13.5. The molecule has 5 heterocycles. The van der Waals surface area contributed by atoms with Crippen molar-refractivity contribution in [2.24, 2.45) is 5.73 Å². The number of anilines is 2. The van der Waals surface area contributed by atoms with E-state index in [-0.39, 0.29) is 90.5 Å². The summed E-state index contributed by atoms with van der Waals surface area (Å²) in [6.45, 7) is 4.12. The molecule has 1 unspecified atom stereocenters. The van der Waals surface area contributed by atoms with Gasteiger partial charge in [-0.1, -0.05) is 6.07 Å². The van der Waals surface area contributed by atoms with Crippen molar-refractivity contribution in [1.82, 2.24) is 40.6 Å². The number of piperidine rings is 1. The van der Waals surface area contributed by atoms with Gasteiger partial charge in [-0.15, -0.1) is 0 Å². The van der Waals surface area contributed by atoms with Crippen LogP contribution in [-0.4, -0.2) is 148 Å². The number of pyridine rings is 1. The Hall–Kier alpha value is -9.05. The summed E-state index contributed by atoms with van der Waals surface area (Å²) < 4.78 is 69.1. The largest absolute Gasteiger partial charge is 0.483 e. The molecule has 2 aromatic carbocycles. The fraction of sp³-hybridized carbons (Fsp3) is 0.373. The number of unbranched alkanes of at least 4 members (excludes halogenated alkanes) is 2. The van der Waals surface area contributed by atoms with E-state index < -0.39 is 84.2 Å². The molecular weight excluding hydrogens is 1050 g/mol. The normalized spacial score (nSPS) is 14.4. The number of amides is 9. The first-order valence-corrected chi connectivity index (χ1v) is 24.5. The molecule has 0 saturated carbocycles. The van der Waals surface area contributed by atoms with Gasteiger partial charge in [0.25, 0.3) is 35.4 Å². The Kier molecular flexibility index (Phi) is 18.5. The van der Waals surface area contributed by atoms with Crippen LogP contribution in [0.2, 0.25) is 0 Å². The van der Waals surface area contributed by atoms with E-state index in [1.807, 2.05) is 0 Å². The van der Waals surface area contributed by atoms with E-state index in [0.29, 0.717) is 29.4 Å². The summed E-state index contributed by atoms with van der Waals surface area (Å²) in [5, 5.41) is 14.2. The van der Waals surface area contributed by atoms with Gasteiger partial charge in [-0.2, -0.15) is 18.3 Å². The number of carbonyl (C=O) groups is 9. The van der Waals surface area contributed by atoms with Crippen LogP contribution in [0.25, 0.3) is 17.1 Å². The molecule has 79 heavy (non-hydrogen) atoms. The molecule has 0 bridgehead atoms. The first-order chi connectivity index (χ1) is 37.6. The topological polar surface area (TPSA) is 328 Å². The maximum atomic E-state index is 13.5. The number of primary amides is 1. The Morgan fingerprint density at radius 3 is 2.27 bits per heavy atom. The molecule has 9 amide bonds. The second-order valence-corrected chi connectivity index (χ2v) is 18.6. The number of benzene rings is 2. The van der Waals surface area contributed by atoms with Crippen molar-refractivity contribution in [2.75, 3.05) is 62.9 Å². The summed E-state index contributed by atoms with van der Waals surface area (Å²) in [5.41, 5.74) is 4.46. The summed E-state index contributed by atoms with van der Waals surface area (Å²) >= 11 is 0. The van der Waals surface area contributed by atoms with Gasteiger partial charge in [0.15, 0.2) is 18.0 Å². The average molecular weight is 1100 g/mol. The number of imide groups is 2. The molecule has 0 aliphatic carbocycles. The highest BCUT2D eigenvalue weighted by atomic mass is 19.4. The van der Waals surface area contributed by atoms with Crippen LogP contribution in [0.3, 0.4) is 0 Å².